The molecule has 0 spiro atoms. The molecule has 1 unspecified atom stereocenters. The SMILES string of the molecule is C=C\C=C/C=C(N)/C(N)=C(/N=C(C(=C)C1C=CC=CN1)/C(N)=C/C=C\C=C)C(=C)/C=C\C=C/N. The first-order chi connectivity index (χ1) is 16.4. The number of allylic oxidation sites excluding steroid dienone is 14. The molecule has 1 aliphatic rings. The van der Waals surface area contributed by atoms with Crippen LogP contribution in [0.2, 0.25) is 0 Å². The third kappa shape index (κ3) is 8.80. The van der Waals surface area contributed by atoms with E-state index in [4.69, 9.17) is 27.9 Å². The molecule has 0 saturated carbocycles. The first kappa shape index (κ1) is 27.3. The molecule has 6 nitrogen and oxygen atoms in total. The molecule has 1 rings (SSSR count). The van der Waals surface area contributed by atoms with Crippen LogP contribution >= 0.6 is 0 Å². The molecule has 0 aromatic rings. The van der Waals surface area contributed by atoms with Gasteiger partial charge in [-0.1, -0.05) is 87.1 Å². The van der Waals surface area contributed by atoms with Gasteiger partial charge >= 0.3 is 0 Å². The largest absolute Gasteiger partial charge is 0.405 e. The second kappa shape index (κ2) is 15.2. The molecule has 0 saturated heterocycles. The number of hydrogen-bond acceptors (Lipinski definition) is 6. The first-order valence-electron chi connectivity index (χ1n) is 10.5. The summed E-state index contributed by atoms with van der Waals surface area (Å²) in [6.07, 6.45) is 27.7. The van der Waals surface area contributed by atoms with Gasteiger partial charge in [0.05, 0.1) is 34.5 Å². The number of nitrogens with two attached hydrogens (primary N) is 4. The number of rotatable bonds is 12. The number of aliphatic imine (C=N–C) groups is 1. The summed E-state index contributed by atoms with van der Waals surface area (Å²) in [4.78, 5) is 4.81. The van der Waals surface area contributed by atoms with Gasteiger partial charge in [0.2, 0.25) is 0 Å². The van der Waals surface area contributed by atoms with Crippen LogP contribution in [0.5, 0.6) is 0 Å². The highest BCUT2D eigenvalue weighted by atomic mass is 14.9. The Hall–Kier alpha value is -4.71. The average molecular weight is 455 g/mol. The van der Waals surface area contributed by atoms with Crippen molar-refractivity contribution in [3.05, 3.63) is 158 Å². The lowest BCUT2D eigenvalue weighted by molar-refractivity contribution is 0.810. The fourth-order valence-corrected chi connectivity index (χ4v) is 2.64. The topological polar surface area (TPSA) is 128 Å². The average Bonchev–Trinajstić information content (AvgIpc) is 2.84. The standard InChI is InChI=1S/C28H34N6/c1-5-7-9-16-23(30)26(32)27(21(3)15-11-13-19-29)34-28(24(31)17-10-8-6-2)22(4)25-18-12-14-20-33-25/h5-20,25,33H,1-4,29-32H2/b9-7-,10-8-,15-11-,19-13-,23-16-,24-17-,27-26-,34-28+. The van der Waals surface area contributed by atoms with E-state index in [9.17, 15) is 0 Å². The zero-order valence-corrected chi connectivity index (χ0v) is 19.4. The molecule has 1 aliphatic heterocycles. The molecule has 1 heterocycles. The van der Waals surface area contributed by atoms with Crippen LogP contribution < -0.4 is 28.3 Å². The van der Waals surface area contributed by atoms with Crippen molar-refractivity contribution in [2.75, 3.05) is 0 Å². The number of nitrogens with zero attached hydrogens (tertiary/aromatic N) is 1. The van der Waals surface area contributed by atoms with Crippen molar-refractivity contribution in [3.63, 3.8) is 0 Å². The van der Waals surface area contributed by atoms with E-state index in [0.29, 0.717) is 33.9 Å². The lowest BCUT2D eigenvalue weighted by Gasteiger charge is -2.21. The van der Waals surface area contributed by atoms with E-state index in [2.05, 4.69) is 31.6 Å². The summed E-state index contributed by atoms with van der Waals surface area (Å²) in [6.45, 7) is 15.6. The zero-order valence-electron chi connectivity index (χ0n) is 19.4. The van der Waals surface area contributed by atoms with Gasteiger partial charge in [0.1, 0.15) is 0 Å². The van der Waals surface area contributed by atoms with Crippen LogP contribution in [0.1, 0.15) is 0 Å². The molecule has 1 atom stereocenters. The molecule has 176 valence electrons. The Labute approximate surface area is 202 Å². The molecule has 0 bridgehead atoms. The Bertz CT molecular complexity index is 1080. The molecule has 34 heavy (non-hydrogen) atoms. The third-order valence-electron chi connectivity index (χ3n) is 4.40. The molecule has 0 aromatic heterocycles. The zero-order chi connectivity index (χ0) is 25.3. The minimum atomic E-state index is -0.214. The second-order valence-corrected chi connectivity index (χ2v) is 6.89. The first-order valence-corrected chi connectivity index (χ1v) is 10.5. The van der Waals surface area contributed by atoms with Crippen molar-refractivity contribution in [2.45, 2.75) is 6.04 Å². The monoisotopic (exact) mass is 454 g/mol. The van der Waals surface area contributed by atoms with Crippen LogP contribution in [0.25, 0.3) is 0 Å². The molecular formula is C28H34N6. The molecule has 0 aliphatic carbocycles. The van der Waals surface area contributed by atoms with Gasteiger partial charge < -0.3 is 28.3 Å². The summed E-state index contributed by atoms with van der Waals surface area (Å²) in [5, 5.41) is 3.23. The van der Waals surface area contributed by atoms with Crippen molar-refractivity contribution in [2.24, 2.45) is 27.9 Å². The summed E-state index contributed by atoms with van der Waals surface area (Å²) in [5.41, 5.74) is 27.3. The summed E-state index contributed by atoms with van der Waals surface area (Å²) in [5.74, 6) is 0. The minimum absolute atomic E-state index is 0.214. The Morgan fingerprint density at radius 1 is 0.853 bits per heavy atom. The van der Waals surface area contributed by atoms with Crippen LogP contribution in [-0.4, -0.2) is 11.8 Å². The predicted octanol–water partition coefficient (Wildman–Crippen LogP) is 3.95. The van der Waals surface area contributed by atoms with Crippen LogP contribution in [0.3, 0.4) is 0 Å². The summed E-state index contributed by atoms with van der Waals surface area (Å²) in [7, 11) is 0. The maximum absolute atomic E-state index is 6.42. The highest BCUT2D eigenvalue weighted by molar-refractivity contribution is 6.13. The molecule has 9 N–H and O–H groups in total. The van der Waals surface area contributed by atoms with Crippen molar-refractivity contribution in [1.82, 2.24) is 5.32 Å². The third-order valence-corrected chi connectivity index (χ3v) is 4.40. The van der Waals surface area contributed by atoms with E-state index in [-0.39, 0.29) is 11.7 Å². The van der Waals surface area contributed by atoms with E-state index >= 15 is 0 Å². The maximum Gasteiger partial charge on any atom is 0.0954 e. The fourth-order valence-electron chi connectivity index (χ4n) is 2.64. The van der Waals surface area contributed by atoms with Gasteiger partial charge in [-0.3, -0.25) is 0 Å². The minimum Gasteiger partial charge on any atom is -0.405 e. The Morgan fingerprint density at radius 2 is 1.50 bits per heavy atom. The molecule has 0 fully saturated rings. The highest BCUT2D eigenvalue weighted by Gasteiger charge is 2.19. The molecule has 6 heteroatoms. The van der Waals surface area contributed by atoms with Crippen molar-refractivity contribution in [3.8, 4) is 0 Å². The van der Waals surface area contributed by atoms with Gasteiger partial charge in [0, 0.05) is 0 Å². The number of dihydropyridines is 1. The maximum atomic E-state index is 6.42. The van der Waals surface area contributed by atoms with Gasteiger partial charge in [-0.05, 0) is 47.9 Å². The molecule has 0 amide bonds. The Morgan fingerprint density at radius 3 is 2.06 bits per heavy atom. The lowest BCUT2D eigenvalue weighted by atomic mass is 9.99. The van der Waals surface area contributed by atoms with E-state index < -0.39 is 0 Å². The van der Waals surface area contributed by atoms with E-state index in [1.807, 2.05) is 24.4 Å². The quantitative estimate of drug-likeness (QED) is 0.225. The summed E-state index contributed by atoms with van der Waals surface area (Å²) in [6, 6.07) is -0.214. The fraction of sp³-hybridized carbons (Fsp3) is 0.0357. The number of nitrogens with one attached hydrogen (secondary N) is 1. The van der Waals surface area contributed by atoms with E-state index in [0.717, 1.165) is 0 Å². The van der Waals surface area contributed by atoms with Gasteiger partial charge in [-0.25, -0.2) is 4.99 Å². The Balaban J connectivity index is 3.75. The smallest absolute Gasteiger partial charge is 0.0954 e. The Kier molecular flexibility index (Phi) is 12.2. The van der Waals surface area contributed by atoms with Gasteiger partial charge in [-0.15, -0.1) is 0 Å². The van der Waals surface area contributed by atoms with Gasteiger partial charge in [-0.2, -0.15) is 0 Å². The summed E-state index contributed by atoms with van der Waals surface area (Å²) >= 11 is 0. The highest BCUT2D eigenvalue weighted by Crippen LogP contribution is 2.21. The molecule has 0 aromatic carbocycles. The van der Waals surface area contributed by atoms with Crippen molar-refractivity contribution < 1.29 is 0 Å². The van der Waals surface area contributed by atoms with E-state index in [1.54, 1.807) is 66.8 Å². The van der Waals surface area contributed by atoms with Crippen LogP contribution in [0.15, 0.2) is 163 Å². The van der Waals surface area contributed by atoms with Gasteiger partial charge in [0.25, 0.3) is 0 Å². The predicted molar refractivity (Wildman–Crippen MR) is 148 cm³/mol. The van der Waals surface area contributed by atoms with Crippen LogP contribution in [-0.2, 0) is 0 Å². The van der Waals surface area contributed by atoms with Crippen molar-refractivity contribution in [1.29, 1.82) is 0 Å². The molecular weight excluding hydrogens is 420 g/mol. The lowest BCUT2D eigenvalue weighted by Crippen LogP contribution is -2.31. The second-order valence-electron chi connectivity index (χ2n) is 6.89. The molecule has 0 radical (unpaired) electrons. The van der Waals surface area contributed by atoms with Crippen LogP contribution in [0, 0.1) is 0 Å². The summed E-state index contributed by atoms with van der Waals surface area (Å²) < 4.78 is 0. The van der Waals surface area contributed by atoms with Crippen LogP contribution in [0.4, 0.5) is 0 Å². The van der Waals surface area contributed by atoms with Gasteiger partial charge in [0.15, 0.2) is 0 Å². The van der Waals surface area contributed by atoms with Crippen molar-refractivity contribution >= 4 is 5.71 Å². The normalized spacial score (nSPS) is 18.0. The van der Waals surface area contributed by atoms with E-state index in [1.165, 1.54) is 6.20 Å². The number of hydrogen-bond donors (Lipinski definition) is 5.